The lowest BCUT2D eigenvalue weighted by Crippen LogP contribution is -2.54. The summed E-state index contributed by atoms with van der Waals surface area (Å²) >= 11 is 12.6. The van der Waals surface area contributed by atoms with Crippen molar-refractivity contribution in [2.24, 2.45) is 0 Å². The standard InChI is InChI=1S/C20H17Cl2F2N3O4S/c21-11-3-12(6-25-5-11)32-20-19(30)17(18(29)15(8-28)31-20)27-7-10(4-26-27)9-1-13(23)16(22)14(24)2-9/h1-7,15,17-20,28-30H,8H2/t15?,17-,18-,19?,20+/m0/s1. The molecule has 2 aromatic heterocycles. The number of aromatic nitrogens is 3. The summed E-state index contributed by atoms with van der Waals surface area (Å²) in [6.07, 6.45) is 2.19. The highest BCUT2D eigenvalue weighted by atomic mass is 35.5. The largest absolute Gasteiger partial charge is 0.394 e. The normalized spacial score (nSPS) is 25.8. The van der Waals surface area contributed by atoms with Gasteiger partial charge >= 0.3 is 0 Å². The van der Waals surface area contributed by atoms with Gasteiger partial charge in [0.2, 0.25) is 0 Å². The summed E-state index contributed by atoms with van der Waals surface area (Å²) in [5.74, 6) is -1.85. The monoisotopic (exact) mass is 503 g/mol. The fourth-order valence-electron chi connectivity index (χ4n) is 3.44. The van der Waals surface area contributed by atoms with Gasteiger partial charge in [-0.15, -0.1) is 0 Å². The predicted molar refractivity (Wildman–Crippen MR) is 114 cm³/mol. The van der Waals surface area contributed by atoms with Crippen LogP contribution in [0.1, 0.15) is 6.04 Å². The first kappa shape index (κ1) is 23.4. The molecule has 0 saturated carbocycles. The summed E-state index contributed by atoms with van der Waals surface area (Å²) in [6.45, 7) is -0.503. The first-order chi connectivity index (χ1) is 15.3. The van der Waals surface area contributed by atoms with E-state index in [9.17, 15) is 24.1 Å². The van der Waals surface area contributed by atoms with Crippen LogP contribution in [0.3, 0.4) is 0 Å². The van der Waals surface area contributed by atoms with E-state index in [4.69, 9.17) is 27.9 Å². The second-order valence-corrected chi connectivity index (χ2v) is 9.10. The number of hydrogen-bond donors (Lipinski definition) is 3. The van der Waals surface area contributed by atoms with E-state index in [1.807, 2.05) is 0 Å². The number of aliphatic hydroxyl groups excluding tert-OH is 3. The van der Waals surface area contributed by atoms with Crippen molar-refractivity contribution in [2.75, 3.05) is 6.61 Å². The third-order valence-corrected chi connectivity index (χ3v) is 6.69. The quantitative estimate of drug-likeness (QED) is 0.459. The van der Waals surface area contributed by atoms with E-state index in [0.29, 0.717) is 15.5 Å². The zero-order valence-electron chi connectivity index (χ0n) is 16.1. The molecule has 1 saturated heterocycles. The molecule has 3 N–H and O–H groups in total. The molecule has 170 valence electrons. The van der Waals surface area contributed by atoms with E-state index in [1.54, 1.807) is 6.07 Å². The van der Waals surface area contributed by atoms with Crippen molar-refractivity contribution in [2.45, 2.75) is 34.7 Å². The Balaban J connectivity index is 1.64. The van der Waals surface area contributed by atoms with Crippen LogP contribution in [-0.4, -0.2) is 60.4 Å². The molecule has 0 radical (unpaired) electrons. The van der Waals surface area contributed by atoms with Crippen molar-refractivity contribution in [1.82, 2.24) is 14.8 Å². The molecule has 1 aliphatic rings. The molecule has 0 spiro atoms. The number of thioether (sulfide) groups is 1. The molecule has 7 nitrogen and oxygen atoms in total. The zero-order chi connectivity index (χ0) is 23.0. The van der Waals surface area contributed by atoms with E-state index in [0.717, 1.165) is 23.9 Å². The van der Waals surface area contributed by atoms with Gasteiger partial charge in [0.1, 0.15) is 46.4 Å². The Hall–Kier alpha value is -1.79. The Kier molecular flexibility index (Phi) is 7.01. The number of hydrogen-bond acceptors (Lipinski definition) is 7. The van der Waals surface area contributed by atoms with Crippen LogP contribution in [0.5, 0.6) is 0 Å². The van der Waals surface area contributed by atoms with Crippen molar-refractivity contribution in [3.8, 4) is 11.1 Å². The highest BCUT2D eigenvalue weighted by molar-refractivity contribution is 7.99. The SMILES string of the molecule is OCC1O[C@H](Sc2cncc(Cl)c2)C(O)[C@@H](n2cc(-c3cc(F)c(Cl)c(F)c3)cn2)[C@H]1O. The van der Waals surface area contributed by atoms with Gasteiger partial charge < -0.3 is 20.1 Å². The van der Waals surface area contributed by atoms with Gasteiger partial charge in [0, 0.05) is 29.0 Å². The van der Waals surface area contributed by atoms with Gasteiger partial charge in [-0.1, -0.05) is 35.0 Å². The maximum absolute atomic E-state index is 13.9. The third-order valence-electron chi connectivity index (χ3n) is 5.00. The average molecular weight is 504 g/mol. The summed E-state index contributed by atoms with van der Waals surface area (Å²) < 4.78 is 34.7. The second-order valence-electron chi connectivity index (χ2n) is 7.12. The van der Waals surface area contributed by atoms with Crippen LogP contribution in [0.4, 0.5) is 8.78 Å². The lowest BCUT2D eigenvalue weighted by molar-refractivity contribution is -0.178. The Labute approximate surface area is 195 Å². The van der Waals surface area contributed by atoms with Crippen LogP contribution in [-0.2, 0) is 4.74 Å². The molecule has 4 rings (SSSR count). The van der Waals surface area contributed by atoms with Crippen molar-refractivity contribution >= 4 is 35.0 Å². The number of halogens is 4. The van der Waals surface area contributed by atoms with E-state index in [-0.39, 0.29) is 5.56 Å². The van der Waals surface area contributed by atoms with E-state index in [1.165, 1.54) is 29.5 Å². The third kappa shape index (κ3) is 4.62. The van der Waals surface area contributed by atoms with Gasteiger partial charge in [-0.25, -0.2) is 8.78 Å². The van der Waals surface area contributed by atoms with Crippen molar-refractivity contribution in [3.05, 3.63) is 64.7 Å². The molecule has 2 unspecified atom stereocenters. The van der Waals surface area contributed by atoms with Gasteiger partial charge in [0.15, 0.2) is 0 Å². The topological polar surface area (TPSA) is 101 Å². The fourth-order valence-corrected chi connectivity index (χ4v) is 4.87. The highest BCUT2D eigenvalue weighted by Gasteiger charge is 2.46. The highest BCUT2D eigenvalue weighted by Crippen LogP contribution is 2.39. The molecule has 0 aliphatic carbocycles. The predicted octanol–water partition coefficient (Wildman–Crippen LogP) is 3.30. The maximum Gasteiger partial charge on any atom is 0.145 e. The first-order valence-electron chi connectivity index (χ1n) is 9.37. The van der Waals surface area contributed by atoms with Crippen LogP contribution < -0.4 is 0 Å². The summed E-state index contributed by atoms with van der Waals surface area (Å²) in [5, 5.41) is 35.3. The number of benzene rings is 1. The summed E-state index contributed by atoms with van der Waals surface area (Å²) in [4.78, 5) is 4.60. The minimum absolute atomic E-state index is 0.182. The molecule has 1 aromatic carbocycles. The lowest BCUT2D eigenvalue weighted by atomic mass is 9.97. The van der Waals surface area contributed by atoms with Crippen molar-refractivity contribution < 1.29 is 28.8 Å². The minimum atomic E-state index is -1.31. The van der Waals surface area contributed by atoms with Gasteiger partial charge in [0.05, 0.1) is 17.8 Å². The molecule has 1 aliphatic heterocycles. The molecule has 0 bridgehead atoms. The Morgan fingerprint density at radius 2 is 1.75 bits per heavy atom. The van der Waals surface area contributed by atoms with Gasteiger partial charge in [-0.2, -0.15) is 5.10 Å². The van der Waals surface area contributed by atoms with E-state index in [2.05, 4.69) is 10.1 Å². The molecular formula is C20H17Cl2F2N3O4S. The molecule has 3 aromatic rings. The average Bonchev–Trinajstić information content (AvgIpc) is 3.23. The van der Waals surface area contributed by atoms with E-state index >= 15 is 0 Å². The summed E-state index contributed by atoms with van der Waals surface area (Å²) in [5.41, 5.74) is -0.366. The molecule has 12 heteroatoms. The van der Waals surface area contributed by atoms with Crippen molar-refractivity contribution in [1.29, 1.82) is 0 Å². The maximum atomic E-state index is 13.9. The number of rotatable bonds is 5. The second kappa shape index (κ2) is 9.60. The van der Waals surface area contributed by atoms with Gasteiger partial charge in [-0.3, -0.25) is 9.67 Å². The van der Waals surface area contributed by atoms with Crippen LogP contribution in [0.2, 0.25) is 10.0 Å². The lowest BCUT2D eigenvalue weighted by Gasteiger charge is -2.42. The van der Waals surface area contributed by atoms with Crippen LogP contribution in [0.25, 0.3) is 11.1 Å². The number of nitrogens with zero attached hydrogens (tertiary/aromatic N) is 3. The Morgan fingerprint density at radius 3 is 2.41 bits per heavy atom. The van der Waals surface area contributed by atoms with E-state index < -0.39 is 53.1 Å². The van der Waals surface area contributed by atoms with Crippen LogP contribution >= 0.6 is 35.0 Å². The number of aliphatic hydroxyl groups is 3. The molecule has 32 heavy (non-hydrogen) atoms. The molecular weight excluding hydrogens is 487 g/mol. The fraction of sp³-hybridized carbons (Fsp3) is 0.300. The smallest absolute Gasteiger partial charge is 0.145 e. The Morgan fingerprint density at radius 1 is 1.03 bits per heavy atom. The van der Waals surface area contributed by atoms with Crippen molar-refractivity contribution in [3.63, 3.8) is 0 Å². The van der Waals surface area contributed by atoms with Gasteiger partial charge in [0.25, 0.3) is 0 Å². The van der Waals surface area contributed by atoms with Crippen LogP contribution in [0.15, 0.2) is 47.9 Å². The van der Waals surface area contributed by atoms with Gasteiger partial charge in [-0.05, 0) is 23.8 Å². The Bertz CT molecular complexity index is 1100. The number of ether oxygens (including phenoxy) is 1. The summed E-state index contributed by atoms with van der Waals surface area (Å²) in [7, 11) is 0. The molecule has 5 atom stereocenters. The number of pyridine rings is 1. The summed E-state index contributed by atoms with van der Waals surface area (Å²) in [6, 6.07) is 2.75. The minimum Gasteiger partial charge on any atom is -0.394 e. The zero-order valence-corrected chi connectivity index (χ0v) is 18.5. The molecule has 3 heterocycles. The molecule has 1 fully saturated rings. The van der Waals surface area contributed by atoms with Crippen LogP contribution in [0, 0.1) is 11.6 Å². The first-order valence-corrected chi connectivity index (χ1v) is 11.0. The molecule has 0 amide bonds.